The molecule has 3 nitrogen and oxygen atoms in total. The van der Waals surface area contributed by atoms with Crippen LogP contribution in [0.3, 0.4) is 0 Å². The van der Waals surface area contributed by atoms with E-state index in [-0.39, 0.29) is 0 Å². The van der Waals surface area contributed by atoms with E-state index in [1.54, 1.807) is 7.11 Å². The standard InChI is InChI=1S/C14H28N2O/c1-12(13-3-4-13)16(9-10-17-2)11-14(5-6-14)7-8-15/h12-13H,3-11,15H2,1-2H3. The fraction of sp³-hybridized carbons (Fsp3) is 1.00. The smallest absolute Gasteiger partial charge is 0.0589 e. The van der Waals surface area contributed by atoms with Crippen LogP contribution in [-0.2, 0) is 4.74 Å². The van der Waals surface area contributed by atoms with E-state index in [0.29, 0.717) is 5.41 Å². The van der Waals surface area contributed by atoms with Crippen LogP contribution in [0.25, 0.3) is 0 Å². The third-order valence-corrected chi connectivity index (χ3v) is 4.63. The van der Waals surface area contributed by atoms with Crippen molar-refractivity contribution in [1.29, 1.82) is 0 Å². The van der Waals surface area contributed by atoms with Crippen LogP contribution in [0.1, 0.15) is 39.0 Å². The highest BCUT2D eigenvalue weighted by atomic mass is 16.5. The Balaban J connectivity index is 1.85. The van der Waals surface area contributed by atoms with E-state index in [4.69, 9.17) is 10.5 Å². The first kappa shape index (κ1) is 13.3. The van der Waals surface area contributed by atoms with Gasteiger partial charge in [-0.15, -0.1) is 0 Å². The molecule has 0 aromatic rings. The van der Waals surface area contributed by atoms with Crippen LogP contribution in [0.15, 0.2) is 0 Å². The van der Waals surface area contributed by atoms with Crippen LogP contribution in [0.2, 0.25) is 0 Å². The molecule has 2 saturated carbocycles. The number of methoxy groups -OCH3 is 1. The number of nitrogens with zero attached hydrogens (tertiary/aromatic N) is 1. The van der Waals surface area contributed by atoms with E-state index in [1.165, 1.54) is 38.6 Å². The summed E-state index contributed by atoms with van der Waals surface area (Å²) in [6.45, 7) is 6.42. The van der Waals surface area contributed by atoms with Gasteiger partial charge in [-0.2, -0.15) is 0 Å². The second-order valence-electron chi connectivity index (χ2n) is 6.08. The molecule has 2 aliphatic carbocycles. The third kappa shape index (κ3) is 3.67. The Labute approximate surface area is 106 Å². The van der Waals surface area contributed by atoms with E-state index < -0.39 is 0 Å². The number of ether oxygens (including phenoxy) is 1. The van der Waals surface area contributed by atoms with Crippen LogP contribution in [0.5, 0.6) is 0 Å². The lowest BCUT2D eigenvalue weighted by molar-refractivity contribution is 0.0972. The van der Waals surface area contributed by atoms with Crippen molar-refractivity contribution >= 4 is 0 Å². The fourth-order valence-electron chi connectivity index (χ4n) is 2.91. The summed E-state index contributed by atoms with van der Waals surface area (Å²) in [7, 11) is 1.80. The van der Waals surface area contributed by atoms with Gasteiger partial charge < -0.3 is 10.5 Å². The van der Waals surface area contributed by atoms with E-state index in [0.717, 1.165) is 31.7 Å². The predicted octanol–water partition coefficient (Wildman–Crippen LogP) is 1.86. The average molecular weight is 240 g/mol. The van der Waals surface area contributed by atoms with Gasteiger partial charge in [-0.3, -0.25) is 4.90 Å². The molecule has 2 rings (SSSR count). The lowest BCUT2D eigenvalue weighted by Crippen LogP contribution is -2.41. The SMILES string of the molecule is COCCN(CC1(CCN)CC1)C(C)C1CC1. The molecule has 0 amide bonds. The second kappa shape index (κ2) is 5.68. The lowest BCUT2D eigenvalue weighted by Gasteiger charge is -2.32. The molecule has 1 unspecified atom stereocenters. The van der Waals surface area contributed by atoms with Gasteiger partial charge in [-0.1, -0.05) is 0 Å². The van der Waals surface area contributed by atoms with Crippen LogP contribution in [0, 0.1) is 11.3 Å². The largest absolute Gasteiger partial charge is 0.383 e. The summed E-state index contributed by atoms with van der Waals surface area (Å²) in [5, 5.41) is 0. The van der Waals surface area contributed by atoms with Crippen molar-refractivity contribution in [3.05, 3.63) is 0 Å². The van der Waals surface area contributed by atoms with Gasteiger partial charge in [0, 0.05) is 26.2 Å². The summed E-state index contributed by atoms with van der Waals surface area (Å²) in [6, 6.07) is 0.736. The number of rotatable bonds is 9. The molecule has 2 fully saturated rings. The Kier molecular flexibility index (Phi) is 4.45. The van der Waals surface area contributed by atoms with Gasteiger partial charge >= 0.3 is 0 Å². The molecule has 1 atom stereocenters. The zero-order chi connectivity index (χ0) is 12.3. The highest BCUT2D eigenvalue weighted by Crippen LogP contribution is 2.50. The summed E-state index contributed by atoms with van der Waals surface area (Å²) in [6.07, 6.45) is 6.81. The summed E-state index contributed by atoms with van der Waals surface area (Å²) < 4.78 is 5.25. The van der Waals surface area contributed by atoms with Gasteiger partial charge in [0.1, 0.15) is 0 Å². The van der Waals surface area contributed by atoms with Crippen molar-refractivity contribution in [3.8, 4) is 0 Å². The molecule has 0 spiro atoms. The molecule has 0 aromatic carbocycles. The summed E-state index contributed by atoms with van der Waals surface area (Å²) in [5.74, 6) is 0.945. The van der Waals surface area contributed by atoms with Crippen molar-refractivity contribution in [2.24, 2.45) is 17.1 Å². The molecule has 3 heteroatoms. The Hall–Kier alpha value is -0.120. The monoisotopic (exact) mass is 240 g/mol. The Morgan fingerprint density at radius 1 is 1.41 bits per heavy atom. The van der Waals surface area contributed by atoms with Crippen molar-refractivity contribution in [2.75, 3.05) is 33.4 Å². The predicted molar refractivity (Wildman–Crippen MR) is 71.0 cm³/mol. The first-order valence-corrected chi connectivity index (χ1v) is 7.14. The Morgan fingerprint density at radius 3 is 2.59 bits per heavy atom. The lowest BCUT2D eigenvalue weighted by atomic mass is 10.00. The molecule has 0 bridgehead atoms. The zero-order valence-electron chi connectivity index (χ0n) is 11.5. The molecule has 2 aliphatic rings. The van der Waals surface area contributed by atoms with Gasteiger partial charge in [0.25, 0.3) is 0 Å². The molecular formula is C14H28N2O. The molecular weight excluding hydrogens is 212 g/mol. The van der Waals surface area contributed by atoms with Gasteiger partial charge in [-0.05, 0) is 56.9 Å². The van der Waals surface area contributed by atoms with Crippen LogP contribution < -0.4 is 5.73 Å². The van der Waals surface area contributed by atoms with Crippen molar-refractivity contribution in [3.63, 3.8) is 0 Å². The molecule has 17 heavy (non-hydrogen) atoms. The topological polar surface area (TPSA) is 38.5 Å². The molecule has 2 N–H and O–H groups in total. The summed E-state index contributed by atoms with van der Waals surface area (Å²) in [5.41, 5.74) is 6.30. The number of hydrogen-bond donors (Lipinski definition) is 1. The highest BCUT2D eigenvalue weighted by Gasteiger charge is 2.44. The maximum absolute atomic E-state index is 5.74. The quantitative estimate of drug-likeness (QED) is 0.668. The van der Waals surface area contributed by atoms with Gasteiger partial charge in [0.15, 0.2) is 0 Å². The minimum atomic E-state index is 0.561. The molecule has 0 aromatic heterocycles. The maximum atomic E-state index is 5.74. The highest BCUT2D eigenvalue weighted by molar-refractivity contribution is 4.97. The van der Waals surface area contributed by atoms with E-state index >= 15 is 0 Å². The Bertz CT molecular complexity index is 236. The molecule has 0 saturated heterocycles. The van der Waals surface area contributed by atoms with Crippen LogP contribution in [0.4, 0.5) is 0 Å². The first-order valence-electron chi connectivity index (χ1n) is 7.14. The summed E-state index contributed by atoms with van der Waals surface area (Å²) >= 11 is 0. The maximum Gasteiger partial charge on any atom is 0.0589 e. The molecule has 0 radical (unpaired) electrons. The number of hydrogen-bond acceptors (Lipinski definition) is 3. The normalized spacial score (nSPS) is 24.0. The van der Waals surface area contributed by atoms with E-state index in [1.807, 2.05) is 0 Å². The average Bonchev–Trinajstić information content (AvgIpc) is 3.19. The van der Waals surface area contributed by atoms with Crippen molar-refractivity contribution < 1.29 is 4.74 Å². The second-order valence-corrected chi connectivity index (χ2v) is 6.08. The molecule has 100 valence electrons. The van der Waals surface area contributed by atoms with Gasteiger partial charge in [-0.25, -0.2) is 0 Å². The van der Waals surface area contributed by atoms with E-state index in [9.17, 15) is 0 Å². The molecule has 0 aliphatic heterocycles. The zero-order valence-corrected chi connectivity index (χ0v) is 11.5. The van der Waals surface area contributed by atoms with Crippen LogP contribution in [-0.4, -0.2) is 44.3 Å². The fourth-order valence-corrected chi connectivity index (χ4v) is 2.91. The van der Waals surface area contributed by atoms with Crippen molar-refractivity contribution in [2.45, 2.75) is 45.1 Å². The van der Waals surface area contributed by atoms with Gasteiger partial charge in [0.05, 0.1) is 6.61 Å². The van der Waals surface area contributed by atoms with E-state index in [2.05, 4.69) is 11.8 Å². The minimum absolute atomic E-state index is 0.561. The first-order chi connectivity index (χ1) is 8.21. The minimum Gasteiger partial charge on any atom is -0.383 e. The number of nitrogens with two attached hydrogens (primary N) is 1. The van der Waals surface area contributed by atoms with Crippen LogP contribution >= 0.6 is 0 Å². The Morgan fingerprint density at radius 2 is 2.12 bits per heavy atom. The summed E-state index contributed by atoms with van der Waals surface area (Å²) in [4.78, 5) is 2.66. The third-order valence-electron chi connectivity index (χ3n) is 4.63. The van der Waals surface area contributed by atoms with Crippen molar-refractivity contribution in [1.82, 2.24) is 4.90 Å². The van der Waals surface area contributed by atoms with Gasteiger partial charge in [0.2, 0.25) is 0 Å². The molecule has 0 heterocycles.